The van der Waals surface area contributed by atoms with Crippen LogP contribution in [0.5, 0.6) is 0 Å². The number of carbonyl (C=O) groups is 4. The summed E-state index contributed by atoms with van der Waals surface area (Å²) in [5.41, 5.74) is 0.872. The molecule has 1 aliphatic carbocycles. The summed E-state index contributed by atoms with van der Waals surface area (Å²) in [6, 6.07) is 4.75. The number of halogens is 1. The van der Waals surface area contributed by atoms with Crippen LogP contribution in [0.3, 0.4) is 0 Å². The molecule has 4 rings (SSSR count). The first-order valence-electron chi connectivity index (χ1n) is 16.3. The van der Waals surface area contributed by atoms with E-state index in [4.69, 9.17) is 0 Å². The molecule has 0 radical (unpaired) electrons. The summed E-state index contributed by atoms with van der Waals surface area (Å²) in [5, 5.41) is 12.6. The molecule has 2 atom stereocenters. The maximum atomic E-state index is 15.5. The van der Waals surface area contributed by atoms with Gasteiger partial charge >= 0.3 is 0 Å². The van der Waals surface area contributed by atoms with Crippen LogP contribution in [0.4, 0.5) is 10.1 Å². The summed E-state index contributed by atoms with van der Waals surface area (Å²) in [6.07, 6.45) is 6.47. The number of nitrogens with zero attached hydrogens (tertiary/aromatic N) is 4. The SMILES string of the molecule is CCC(=O)N[C@H](Cc1ccc(NC(=O)[C@@H](NC(=O)c2ccnn2CC)C2CCCCC2)c(F)c1)C(=O)N1CCN(C(C)C)CC1. The summed E-state index contributed by atoms with van der Waals surface area (Å²) in [4.78, 5) is 56.5. The van der Waals surface area contributed by atoms with E-state index in [-0.39, 0.29) is 36.3 Å². The number of piperazine rings is 1. The average molecular weight is 626 g/mol. The molecule has 4 amide bonds. The monoisotopic (exact) mass is 625 g/mol. The summed E-state index contributed by atoms with van der Waals surface area (Å²) in [5.74, 6) is -2.04. The van der Waals surface area contributed by atoms with Crippen LogP contribution in [0.1, 0.15) is 82.3 Å². The van der Waals surface area contributed by atoms with Crippen molar-refractivity contribution < 1.29 is 23.6 Å². The predicted molar refractivity (Wildman–Crippen MR) is 170 cm³/mol. The van der Waals surface area contributed by atoms with Gasteiger partial charge in [-0.15, -0.1) is 0 Å². The van der Waals surface area contributed by atoms with Crippen molar-refractivity contribution in [1.29, 1.82) is 0 Å². The molecule has 1 aliphatic heterocycles. The lowest BCUT2D eigenvalue weighted by Crippen LogP contribution is -2.56. The van der Waals surface area contributed by atoms with E-state index in [0.717, 1.165) is 45.2 Å². The Hall–Kier alpha value is -3.80. The summed E-state index contributed by atoms with van der Waals surface area (Å²) < 4.78 is 17.0. The van der Waals surface area contributed by atoms with Crippen molar-refractivity contribution in [2.75, 3.05) is 31.5 Å². The molecule has 2 aliphatic rings. The summed E-state index contributed by atoms with van der Waals surface area (Å²) in [6.45, 7) is 11.0. The molecule has 2 fully saturated rings. The highest BCUT2D eigenvalue weighted by atomic mass is 19.1. The topological polar surface area (TPSA) is 129 Å². The number of anilines is 1. The second-order valence-corrected chi connectivity index (χ2v) is 12.3. The molecule has 0 unspecified atom stereocenters. The van der Waals surface area contributed by atoms with Crippen LogP contribution in [0, 0.1) is 11.7 Å². The van der Waals surface area contributed by atoms with Gasteiger partial charge in [-0.1, -0.05) is 32.3 Å². The van der Waals surface area contributed by atoms with Gasteiger partial charge < -0.3 is 20.9 Å². The molecule has 1 saturated heterocycles. The molecule has 11 nitrogen and oxygen atoms in total. The van der Waals surface area contributed by atoms with E-state index in [1.54, 1.807) is 34.8 Å². The van der Waals surface area contributed by atoms with Gasteiger partial charge in [0.25, 0.3) is 5.91 Å². The van der Waals surface area contributed by atoms with Crippen LogP contribution in [-0.2, 0) is 27.3 Å². The van der Waals surface area contributed by atoms with Gasteiger partial charge in [0.1, 0.15) is 23.6 Å². The number of hydrogen-bond acceptors (Lipinski definition) is 6. The van der Waals surface area contributed by atoms with Crippen LogP contribution in [0.2, 0.25) is 0 Å². The number of carbonyl (C=O) groups excluding carboxylic acids is 4. The maximum absolute atomic E-state index is 15.5. The van der Waals surface area contributed by atoms with Crippen molar-refractivity contribution in [2.24, 2.45) is 5.92 Å². The number of amides is 4. The zero-order valence-corrected chi connectivity index (χ0v) is 27.0. The average Bonchev–Trinajstić information content (AvgIpc) is 3.54. The third-order valence-corrected chi connectivity index (χ3v) is 8.98. The Kier molecular flexibility index (Phi) is 12.1. The molecule has 1 aromatic carbocycles. The first-order valence-corrected chi connectivity index (χ1v) is 16.3. The van der Waals surface area contributed by atoms with E-state index in [9.17, 15) is 19.2 Å². The number of hydrogen-bond donors (Lipinski definition) is 3. The van der Waals surface area contributed by atoms with Crippen molar-refractivity contribution >= 4 is 29.3 Å². The number of aryl methyl sites for hydroxylation is 1. The van der Waals surface area contributed by atoms with E-state index in [1.165, 1.54) is 12.1 Å². The molecular formula is C33H48FN7O4. The highest BCUT2D eigenvalue weighted by Gasteiger charge is 2.33. The Balaban J connectivity index is 1.46. The fourth-order valence-corrected chi connectivity index (χ4v) is 6.27. The zero-order valence-electron chi connectivity index (χ0n) is 27.0. The van der Waals surface area contributed by atoms with Crippen molar-refractivity contribution in [3.8, 4) is 0 Å². The van der Waals surface area contributed by atoms with Gasteiger partial charge in [0, 0.05) is 57.8 Å². The van der Waals surface area contributed by atoms with Crippen LogP contribution in [-0.4, -0.2) is 87.5 Å². The Morgan fingerprint density at radius 3 is 2.31 bits per heavy atom. The van der Waals surface area contributed by atoms with Gasteiger partial charge in [-0.3, -0.25) is 28.8 Å². The van der Waals surface area contributed by atoms with Crippen LogP contribution in [0.25, 0.3) is 0 Å². The highest BCUT2D eigenvalue weighted by molar-refractivity contribution is 6.00. The third kappa shape index (κ3) is 8.90. The Morgan fingerprint density at radius 2 is 1.69 bits per heavy atom. The second-order valence-electron chi connectivity index (χ2n) is 12.3. The molecule has 0 spiro atoms. The van der Waals surface area contributed by atoms with Crippen molar-refractivity contribution in [3.05, 3.63) is 47.5 Å². The molecule has 3 N–H and O–H groups in total. The van der Waals surface area contributed by atoms with Crippen LogP contribution < -0.4 is 16.0 Å². The van der Waals surface area contributed by atoms with Gasteiger partial charge in [0.15, 0.2) is 0 Å². The summed E-state index contributed by atoms with van der Waals surface area (Å²) >= 11 is 0. The van der Waals surface area contributed by atoms with Gasteiger partial charge in [-0.05, 0) is 63.3 Å². The first kappa shape index (κ1) is 34.1. The quantitative estimate of drug-likeness (QED) is 0.332. The van der Waals surface area contributed by atoms with Gasteiger partial charge in [-0.2, -0.15) is 5.10 Å². The molecular weight excluding hydrogens is 577 g/mol. The lowest BCUT2D eigenvalue weighted by Gasteiger charge is -2.38. The molecule has 0 bridgehead atoms. The van der Waals surface area contributed by atoms with Crippen LogP contribution in [0.15, 0.2) is 30.5 Å². The lowest BCUT2D eigenvalue weighted by molar-refractivity contribution is -0.138. The molecule has 45 heavy (non-hydrogen) atoms. The summed E-state index contributed by atoms with van der Waals surface area (Å²) in [7, 11) is 0. The Morgan fingerprint density at radius 1 is 0.978 bits per heavy atom. The van der Waals surface area contributed by atoms with E-state index >= 15 is 4.39 Å². The van der Waals surface area contributed by atoms with Crippen molar-refractivity contribution in [2.45, 2.75) is 97.3 Å². The first-order chi connectivity index (χ1) is 21.6. The second kappa shape index (κ2) is 16.0. The molecule has 1 aromatic heterocycles. The third-order valence-electron chi connectivity index (χ3n) is 8.98. The smallest absolute Gasteiger partial charge is 0.270 e. The molecule has 2 heterocycles. The largest absolute Gasteiger partial charge is 0.344 e. The minimum Gasteiger partial charge on any atom is -0.344 e. The molecule has 12 heteroatoms. The molecule has 246 valence electrons. The normalized spacial score (nSPS) is 17.5. The predicted octanol–water partition coefficient (Wildman–Crippen LogP) is 3.35. The van der Waals surface area contributed by atoms with Gasteiger partial charge in [0.05, 0.1) is 5.69 Å². The van der Waals surface area contributed by atoms with Gasteiger partial charge in [0.2, 0.25) is 17.7 Å². The zero-order chi connectivity index (χ0) is 32.5. The fourth-order valence-electron chi connectivity index (χ4n) is 6.27. The Bertz CT molecular complexity index is 1330. The lowest BCUT2D eigenvalue weighted by atomic mass is 9.83. The van der Waals surface area contributed by atoms with Gasteiger partial charge in [-0.25, -0.2) is 4.39 Å². The van der Waals surface area contributed by atoms with Crippen molar-refractivity contribution in [3.63, 3.8) is 0 Å². The number of nitrogens with one attached hydrogen (secondary N) is 3. The number of benzene rings is 1. The van der Waals surface area contributed by atoms with E-state index in [1.807, 2.05) is 6.92 Å². The number of aromatic nitrogens is 2. The van der Waals surface area contributed by atoms with E-state index in [0.29, 0.717) is 36.9 Å². The standard InChI is InChI=1S/C33H48FN7O4/c1-5-29(42)36-27(33(45)40-18-16-39(17-19-40)22(3)4)21-23-12-13-26(25(34)20-23)37-32(44)30(24-10-8-7-9-11-24)38-31(43)28-14-15-35-41(28)6-2/h12-15,20,22,24,27,30H,5-11,16-19,21H2,1-4H3,(H,36,42)(H,37,44)(H,38,43)/t27-,30+/m1/s1. The van der Waals surface area contributed by atoms with E-state index in [2.05, 4.69) is 39.8 Å². The van der Waals surface area contributed by atoms with Crippen LogP contribution >= 0.6 is 0 Å². The minimum absolute atomic E-state index is 0.0114. The maximum Gasteiger partial charge on any atom is 0.270 e. The van der Waals surface area contributed by atoms with E-state index < -0.39 is 29.7 Å². The minimum atomic E-state index is -0.834. The highest BCUT2D eigenvalue weighted by Crippen LogP contribution is 2.28. The fraction of sp³-hybridized carbons (Fsp3) is 0.606. The van der Waals surface area contributed by atoms with Crippen molar-refractivity contribution in [1.82, 2.24) is 30.2 Å². The Labute approximate surface area is 265 Å². The number of rotatable bonds is 12. The molecule has 2 aromatic rings. The molecule has 1 saturated carbocycles.